The predicted octanol–water partition coefficient (Wildman–Crippen LogP) is 0.0139. The summed E-state index contributed by atoms with van der Waals surface area (Å²) in [7, 11) is 0. The number of carbonyl (C=O) groups excluding carboxylic acids is 1. The van der Waals surface area contributed by atoms with Gasteiger partial charge in [-0.05, 0) is 12.1 Å². The SMILES string of the molecule is NC(=O)c1nn2cccnc2c1-n1cccn1. The lowest BCUT2D eigenvalue weighted by Gasteiger charge is -1.99. The number of nitrogens with two attached hydrogens (primary N) is 1. The van der Waals surface area contributed by atoms with Crippen LogP contribution in [0.2, 0.25) is 0 Å². The lowest BCUT2D eigenvalue weighted by atomic mass is 10.3. The average molecular weight is 228 g/mol. The van der Waals surface area contributed by atoms with E-state index in [1.807, 2.05) is 0 Å². The lowest BCUT2D eigenvalue weighted by molar-refractivity contribution is 0.0995. The third-order valence-corrected chi connectivity index (χ3v) is 2.34. The Balaban J connectivity index is 2.40. The number of amides is 1. The first-order valence-corrected chi connectivity index (χ1v) is 4.90. The Bertz CT molecular complexity index is 684. The molecule has 0 fully saturated rings. The fourth-order valence-corrected chi connectivity index (χ4v) is 1.65. The molecule has 3 aromatic heterocycles. The van der Waals surface area contributed by atoms with Gasteiger partial charge in [0.05, 0.1) is 0 Å². The molecule has 0 aliphatic heterocycles. The number of aromatic nitrogens is 5. The fourth-order valence-electron chi connectivity index (χ4n) is 1.65. The molecule has 0 aromatic carbocycles. The number of fused-ring (bicyclic) bond motifs is 1. The molecule has 0 saturated heterocycles. The van der Waals surface area contributed by atoms with Crippen LogP contribution in [0.25, 0.3) is 11.3 Å². The van der Waals surface area contributed by atoms with Gasteiger partial charge in [0.2, 0.25) is 0 Å². The van der Waals surface area contributed by atoms with Crippen LogP contribution in [-0.4, -0.2) is 30.3 Å². The maximum absolute atomic E-state index is 11.4. The van der Waals surface area contributed by atoms with Crippen molar-refractivity contribution < 1.29 is 4.79 Å². The molecule has 3 rings (SSSR count). The first-order chi connectivity index (χ1) is 8.27. The van der Waals surface area contributed by atoms with Crippen LogP contribution >= 0.6 is 0 Å². The van der Waals surface area contributed by atoms with Crippen molar-refractivity contribution in [2.45, 2.75) is 0 Å². The zero-order valence-electron chi connectivity index (χ0n) is 8.69. The summed E-state index contributed by atoms with van der Waals surface area (Å²) >= 11 is 0. The molecule has 0 aliphatic carbocycles. The van der Waals surface area contributed by atoms with E-state index in [1.54, 1.807) is 36.9 Å². The van der Waals surface area contributed by atoms with Gasteiger partial charge in [-0.2, -0.15) is 10.2 Å². The van der Waals surface area contributed by atoms with E-state index in [9.17, 15) is 4.79 Å². The van der Waals surface area contributed by atoms with E-state index >= 15 is 0 Å². The minimum Gasteiger partial charge on any atom is -0.364 e. The van der Waals surface area contributed by atoms with E-state index in [2.05, 4.69) is 15.2 Å². The Morgan fingerprint density at radius 3 is 2.76 bits per heavy atom. The highest BCUT2D eigenvalue weighted by Gasteiger charge is 2.19. The number of hydrogen-bond acceptors (Lipinski definition) is 4. The summed E-state index contributed by atoms with van der Waals surface area (Å²) in [5, 5.41) is 8.15. The van der Waals surface area contributed by atoms with Gasteiger partial charge in [0.1, 0.15) is 5.69 Å². The van der Waals surface area contributed by atoms with Crippen LogP contribution in [0, 0.1) is 0 Å². The highest BCUT2D eigenvalue weighted by molar-refractivity contribution is 5.97. The van der Waals surface area contributed by atoms with E-state index in [0.717, 1.165) is 0 Å². The molecule has 0 saturated carbocycles. The molecule has 17 heavy (non-hydrogen) atoms. The van der Waals surface area contributed by atoms with Gasteiger partial charge in [0, 0.05) is 24.8 Å². The van der Waals surface area contributed by atoms with Crippen molar-refractivity contribution in [2.24, 2.45) is 5.73 Å². The summed E-state index contributed by atoms with van der Waals surface area (Å²) in [6.45, 7) is 0. The van der Waals surface area contributed by atoms with Gasteiger partial charge in [0.15, 0.2) is 11.3 Å². The summed E-state index contributed by atoms with van der Waals surface area (Å²) in [5.74, 6) is -0.610. The molecule has 0 atom stereocenters. The topological polar surface area (TPSA) is 91.1 Å². The average Bonchev–Trinajstić information content (AvgIpc) is 2.94. The van der Waals surface area contributed by atoms with Crippen LogP contribution in [0.4, 0.5) is 0 Å². The molecule has 7 heteroatoms. The largest absolute Gasteiger partial charge is 0.364 e. The Kier molecular flexibility index (Phi) is 1.91. The molecule has 0 aliphatic rings. The molecule has 84 valence electrons. The molecule has 1 amide bonds. The van der Waals surface area contributed by atoms with E-state index < -0.39 is 5.91 Å². The minimum absolute atomic E-state index is 0.146. The molecule has 0 spiro atoms. The Morgan fingerprint density at radius 2 is 2.06 bits per heavy atom. The second-order valence-corrected chi connectivity index (χ2v) is 3.40. The Hall–Kier alpha value is -2.70. The van der Waals surface area contributed by atoms with E-state index in [0.29, 0.717) is 11.3 Å². The van der Waals surface area contributed by atoms with Crippen molar-refractivity contribution in [2.75, 3.05) is 0 Å². The number of rotatable bonds is 2. The van der Waals surface area contributed by atoms with Gasteiger partial charge in [-0.15, -0.1) is 0 Å². The van der Waals surface area contributed by atoms with Crippen molar-refractivity contribution in [3.63, 3.8) is 0 Å². The first-order valence-electron chi connectivity index (χ1n) is 4.90. The smallest absolute Gasteiger partial charge is 0.271 e. The zero-order valence-corrected chi connectivity index (χ0v) is 8.69. The summed E-state index contributed by atoms with van der Waals surface area (Å²) in [6, 6.07) is 3.47. The van der Waals surface area contributed by atoms with Gasteiger partial charge >= 0.3 is 0 Å². The normalized spacial score (nSPS) is 10.8. The molecule has 0 radical (unpaired) electrons. The van der Waals surface area contributed by atoms with Crippen LogP contribution in [0.3, 0.4) is 0 Å². The van der Waals surface area contributed by atoms with Crippen LogP contribution in [0.1, 0.15) is 10.5 Å². The second-order valence-electron chi connectivity index (χ2n) is 3.40. The number of nitrogens with zero attached hydrogens (tertiary/aromatic N) is 5. The first kappa shape index (κ1) is 9.52. The Labute approximate surface area is 95.5 Å². The minimum atomic E-state index is -0.610. The highest BCUT2D eigenvalue weighted by atomic mass is 16.1. The quantitative estimate of drug-likeness (QED) is 0.669. The standard InChI is InChI=1S/C10H8N6O/c11-9(17)7-8(15-5-2-4-13-15)10-12-3-1-6-16(10)14-7/h1-6H,(H2,11,17). The molecule has 0 bridgehead atoms. The molecule has 3 aromatic rings. The molecule has 2 N–H and O–H groups in total. The van der Waals surface area contributed by atoms with Crippen LogP contribution < -0.4 is 5.73 Å². The summed E-state index contributed by atoms with van der Waals surface area (Å²) in [4.78, 5) is 15.5. The maximum atomic E-state index is 11.4. The van der Waals surface area contributed by atoms with Gasteiger partial charge in [-0.25, -0.2) is 14.2 Å². The lowest BCUT2D eigenvalue weighted by Crippen LogP contribution is -2.14. The van der Waals surface area contributed by atoms with Crippen molar-refractivity contribution in [3.05, 3.63) is 42.6 Å². The summed E-state index contributed by atoms with van der Waals surface area (Å²) in [6.07, 6.45) is 6.63. The van der Waals surface area contributed by atoms with Gasteiger partial charge in [-0.1, -0.05) is 0 Å². The van der Waals surface area contributed by atoms with Crippen LogP contribution in [0.15, 0.2) is 36.9 Å². The number of carbonyl (C=O) groups is 1. The van der Waals surface area contributed by atoms with E-state index in [-0.39, 0.29) is 5.69 Å². The second kappa shape index (κ2) is 3.41. The highest BCUT2D eigenvalue weighted by Crippen LogP contribution is 2.17. The third kappa shape index (κ3) is 1.36. The Morgan fingerprint density at radius 1 is 1.24 bits per heavy atom. The van der Waals surface area contributed by atoms with E-state index in [4.69, 9.17) is 5.73 Å². The van der Waals surface area contributed by atoms with Crippen molar-refractivity contribution in [1.82, 2.24) is 24.4 Å². The molecule has 3 heterocycles. The monoisotopic (exact) mass is 228 g/mol. The third-order valence-electron chi connectivity index (χ3n) is 2.34. The van der Waals surface area contributed by atoms with Crippen LogP contribution in [0.5, 0.6) is 0 Å². The molecule has 7 nitrogen and oxygen atoms in total. The van der Waals surface area contributed by atoms with Gasteiger partial charge in [-0.3, -0.25) is 4.79 Å². The predicted molar refractivity (Wildman–Crippen MR) is 58.6 cm³/mol. The summed E-state index contributed by atoms with van der Waals surface area (Å²) < 4.78 is 3.02. The number of primary amides is 1. The van der Waals surface area contributed by atoms with Crippen molar-refractivity contribution in [3.8, 4) is 5.69 Å². The van der Waals surface area contributed by atoms with Crippen LogP contribution in [-0.2, 0) is 0 Å². The van der Waals surface area contributed by atoms with E-state index in [1.165, 1.54) is 9.20 Å². The fraction of sp³-hybridized carbons (Fsp3) is 0. The van der Waals surface area contributed by atoms with Crippen molar-refractivity contribution >= 4 is 11.6 Å². The zero-order chi connectivity index (χ0) is 11.8. The van der Waals surface area contributed by atoms with Crippen molar-refractivity contribution in [1.29, 1.82) is 0 Å². The van der Waals surface area contributed by atoms with Gasteiger partial charge < -0.3 is 5.73 Å². The molecular formula is C10H8N6O. The molecule has 0 unspecified atom stereocenters. The molecular weight excluding hydrogens is 220 g/mol. The maximum Gasteiger partial charge on any atom is 0.271 e. The summed E-state index contributed by atoms with van der Waals surface area (Å²) in [5.41, 5.74) is 6.47. The van der Waals surface area contributed by atoms with Gasteiger partial charge in [0.25, 0.3) is 5.91 Å². The number of hydrogen-bond donors (Lipinski definition) is 1.